The lowest BCUT2D eigenvalue weighted by Crippen LogP contribution is -2.45. The minimum Gasteiger partial charge on any atom is -0.464 e. The Bertz CT molecular complexity index is 204. The molecular weight excluding hydrogens is 230 g/mol. The van der Waals surface area contributed by atoms with Crippen LogP contribution in [0.4, 0.5) is 0 Å². The van der Waals surface area contributed by atoms with Crippen LogP contribution in [0, 0.1) is 0 Å². The molecule has 1 heterocycles. The van der Waals surface area contributed by atoms with E-state index in [1.54, 1.807) is 0 Å². The maximum atomic E-state index is 11.2. The first kappa shape index (κ1) is 17.4. The normalized spacial score (nSPS) is 16.9. The van der Waals surface area contributed by atoms with Gasteiger partial charge in [-0.15, -0.1) is 0 Å². The number of piperazine rings is 1. The molecule has 0 spiro atoms. The van der Waals surface area contributed by atoms with Gasteiger partial charge < -0.3 is 15.0 Å². The van der Waals surface area contributed by atoms with Crippen molar-refractivity contribution in [1.82, 2.24) is 15.1 Å². The third kappa shape index (κ3) is 8.44. The van der Waals surface area contributed by atoms with Crippen LogP contribution in [0.2, 0.25) is 0 Å². The average Bonchev–Trinajstić information content (AvgIpc) is 2.41. The van der Waals surface area contributed by atoms with Crippen LogP contribution in [0.5, 0.6) is 0 Å². The zero-order chi connectivity index (χ0) is 13.8. The summed E-state index contributed by atoms with van der Waals surface area (Å²) in [6, 6.07) is 0. The number of esters is 1. The molecule has 0 aromatic rings. The Balaban J connectivity index is 0.00000137. The summed E-state index contributed by atoms with van der Waals surface area (Å²) >= 11 is 0. The van der Waals surface area contributed by atoms with E-state index in [1.165, 1.54) is 0 Å². The topological polar surface area (TPSA) is 44.8 Å². The largest absolute Gasteiger partial charge is 0.464 e. The first-order valence-electron chi connectivity index (χ1n) is 6.93. The molecule has 0 aromatic carbocycles. The van der Waals surface area contributed by atoms with Gasteiger partial charge in [0.2, 0.25) is 0 Å². The SMILES string of the molecule is CC.CNCCC(=O)OCCN1CCN(C)CC1. The second-order valence-electron chi connectivity index (χ2n) is 4.22. The third-order valence-corrected chi connectivity index (χ3v) is 2.85. The van der Waals surface area contributed by atoms with Crippen LogP contribution in [0.1, 0.15) is 20.3 Å². The fourth-order valence-corrected chi connectivity index (χ4v) is 1.66. The Morgan fingerprint density at radius 3 is 2.39 bits per heavy atom. The van der Waals surface area contributed by atoms with Crippen molar-refractivity contribution in [1.29, 1.82) is 0 Å². The van der Waals surface area contributed by atoms with Crippen molar-refractivity contribution in [3.05, 3.63) is 0 Å². The lowest BCUT2D eigenvalue weighted by molar-refractivity contribution is -0.144. The molecule has 1 saturated heterocycles. The van der Waals surface area contributed by atoms with Gasteiger partial charge in [-0.25, -0.2) is 0 Å². The fourth-order valence-electron chi connectivity index (χ4n) is 1.66. The Labute approximate surface area is 111 Å². The van der Waals surface area contributed by atoms with Crippen molar-refractivity contribution in [2.24, 2.45) is 0 Å². The molecule has 0 unspecified atom stereocenters. The molecule has 0 amide bonds. The van der Waals surface area contributed by atoms with Gasteiger partial charge in [0, 0.05) is 39.3 Å². The van der Waals surface area contributed by atoms with Gasteiger partial charge in [0.25, 0.3) is 0 Å². The summed E-state index contributed by atoms with van der Waals surface area (Å²) in [5.41, 5.74) is 0. The molecule has 108 valence electrons. The van der Waals surface area contributed by atoms with E-state index < -0.39 is 0 Å². The first-order chi connectivity index (χ1) is 8.72. The number of nitrogens with one attached hydrogen (secondary N) is 1. The van der Waals surface area contributed by atoms with E-state index in [0.29, 0.717) is 19.6 Å². The van der Waals surface area contributed by atoms with Crippen LogP contribution in [0.25, 0.3) is 0 Å². The highest BCUT2D eigenvalue weighted by molar-refractivity contribution is 5.69. The number of nitrogens with zero attached hydrogens (tertiary/aromatic N) is 2. The van der Waals surface area contributed by atoms with Crippen LogP contribution in [0.3, 0.4) is 0 Å². The molecule has 1 aliphatic rings. The highest BCUT2D eigenvalue weighted by Gasteiger charge is 2.13. The van der Waals surface area contributed by atoms with Crippen molar-refractivity contribution in [3.8, 4) is 0 Å². The number of rotatable bonds is 6. The minimum absolute atomic E-state index is 0.108. The molecule has 1 fully saturated rings. The number of hydrogen-bond donors (Lipinski definition) is 1. The predicted molar refractivity (Wildman–Crippen MR) is 74.8 cm³/mol. The lowest BCUT2D eigenvalue weighted by atomic mass is 10.3. The van der Waals surface area contributed by atoms with Crippen LogP contribution in [0.15, 0.2) is 0 Å². The van der Waals surface area contributed by atoms with Gasteiger partial charge >= 0.3 is 5.97 Å². The quantitative estimate of drug-likeness (QED) is 0.700. The van der Waals surface area contributed by atoms with Gasteiger partial charge in [-0.1, -0.05) is 13.8 Å². The Morgan fingerprint density at radius 2 is 1.83 bits per heavy atom. The van der Waals surface area contributed by atoms with Crippen molar-refractivity contribution in [3.63, 3.8) is 0 Å². The Morgan fingerprint density at radius 1 is 1.22 bits per heavy atom. The standard InChI is InChI=1S/C11H23N3O2.C2H6/c1-12-4-3-11(15)16-10-9-14-7-5-13(2)6-8-14;1-2/h12H,3-10H2,1-2H3;1-2H3. The third-order valence-electron chi connectivity index (χ3n) is 2.85. The molecule has 0 bridgehead atoms. The van der Waals surface area contributed by atoms with E-state index >= 15 is 0 Å². The van der Waals surface area contributed by atoms with E-state index in [4.69, 9.17) is 4.74 Å². The summed E-state index contributed by atoms with van der Waals surface area (Å²) in [5, 5.41) is 2.93. The van der Waals surface area contributed by atoms with E-state index in [2.05, 4.69) is 22.2 Å². The Hall–Kier alpha value is -0.650. The van der Waals surface area contributed by atoms with Crippen LogP contribution in [-0.4, -0.2) is 75.7 Å². The van der Waals surface area contributed by atoms with Crippen LogP contribution in [-0.2, 0) is 9.53 Å². The summed E-state index contributed by atoms with van der Waals surface area (Å²) in [6.07, 6.45) is 0.458. The molecule has 18 heavy (non-hydrogen) atoms. The monoisotopic (exact) mass is 259 g/mol. The molecule has 0 atom stereocenters. The van der Waals surface area contributed by atoms with E-state index in [-0.39, 0.29) is 5.97 Å². The van der Waals surface area contributed by atoms with Gasteiger partial charge in [0.15, 0.2) is 0 Å². The van der Waals surface area contributed by atoms with Crippen molar-refractivity contribution in [2.45, 2.75) is 20.3 Å². The number of carbonyl (C=O) groups is 1. The molecule has 1 rings (SSSR count). The predicted octanol–water partition coefficient (Wildman–Crippen LogP) is 0.413. The van der Waals surface area contributed by atoms with Crippen molar-refractivity contribution in [2.75, 3.05) is 60.0 Å². The second-order valence-corrected chi connectivity index (χ2v) is 4.22. The lowest BCUT2D eigenvalue weighted by Gasteiger charge is -2.32. The summed E-state index contributed by atoms with van der Waals surface area (Å²) in [5.74, 6) is -0.108. The summed E-state index contributed by atoms with van der Waals surface area (Å²) in [7, 11) is 3.96. The average molecular weight is 259 g/mol. The molecule has 5 heteroatoms. The minimum atomic E-state index is -0.108. The van der Waals surface area contributed by atoms with Gasteiger partial charge in [-0.2, -0.15) is 0 Å². The zero-order valence-corrected chi connectivity index (χ0v) is 12.4. The number of hydrogen-bond acceptors (Lipinski definition) is 5. The number of carbonyl (C=O) groups excluding carboxylic acids is 1. The fraction of sp³-hybridized carbons (Fsp3) is 0.923. The number of ether oxygens (including phenoxy) is 1. The van der Waals surface area contributed by atoms with Gasteiger partial charge in [-0.3, -0.25) is 9.69 Å². The molecule has 0 aromatic heterocycles. The molecule has 0 saturated carbocycles. The highest BCUT2D eigenvalue weighted by atomic mass is 16.5. The summed E-state index contributed by atoms with van der Waals surface area (Å²) in [6.45, 7) is 10.4. The maximum Gasteiger partial charge on any atom is 0.307 e. The summed E-state index contributed by atoms with van der Waals surface area (Å²) in [4.78, 5) is 15.9. The van der Waals surface area contributed by atoms with Gasteiger partial charge in [-0.05, 0) is 14.1 Å². The molecule has 0 aliphatic carbocycles. The molecule has 1 aliphatic heterocycles. The first-order valence-corrected chi connectivity index (χ1v) is 6.93. The zero-order valence-electron chi connectivity index (χ0n) is 12.4. The van der Waals surface area contributed by atoms with Crippen molar-refractivity contribution >= 4 is 5.97 Å². The highest BCUT2D eigenvalue weighted by Crippen LogP contribution is 1.98. The van der Waals surface area contributed by atoms with Gasteiger partial charge in [0.05, 0.1) is 6.42 Å². The smallest absolute Gasteiger partial charge is 0.307 e. The molecule has 5 nitrogen and oxygen atoms in total. The van der Waals surface area contributed by atoms with Crippen molar-refractivity contribution < 1.29 is 9.53 Å². The molecular formula is C13H29N3O2. The molecule has 1 N–H and O–H groups in total. The van der Waals surface area contributed by atoms with E-state index in [0.717, 1.165) is 32.7 Å². The van der Waals surface area contributed by atoms with E-state index in [9.17, 15) is 4.79 Å². The number of likely N-dealkylation sites (N-methyl/N-ethyl adjacent to an activating group) is 1. The van der Waals surface area contributed by atoms with Crippen LogP contribution >= 0.6 is 0 Å². The van der Waals surface area contributed by atoms with E-state index in [1.807, 2.05) is 20.9 Å². The van der Waals surface area contributed by atoms with Gasteiger partial charge in [0.1, 0.15) is 6.61 Å². The summed E-state index contributed by atoms with van der Waals surface area (Å²) < 4.78 is 5.14. The van der Waals surface area contributed by atoms with Crippen LogP contribution < -0.4 is 5.32 Å². The Kier molecular flexibility index (Phi) is 11.0. The maximum absolute atomic E-state index is 11.2. The second kappa shape index (κ2) is 11.4. The molecule has 0 radical (unpaired) electrons.